The standard InChI is InChI=1S/C28H36FN3O3/c1-6-32(7-2)16-19(5)17-35-22-11-12-23-24(15-26(33)30-18(3)4)27(31-28(34)25(23)14-22)20-9-8-10-21(29)13-20/h8-14,18-19H,6-7,15-17H2,1-5H3,(H,30,33)(H,31,34)/t19-/m0/s1. The van der Waals surface area contributed by atoms with E-state index in [1.807, 2.05) is 26.0 Å². The van der Waals surface area contributed by atoms with E-state index in [2.05, 4.69) is 36.0 Å². The monoisotopic (exact) mass is 481 g/mol. The molecule has 0 fully saturated rings. The van der Waals surface area contributed by atoms with E-state index in [1.165, 1.54) is 12.1 Å². The third-order valence-electron chi connectivity index (χ3n) is 6.00. The Morgan fingerprint density at radius 3 is 2.49 bits per heavy atom. The van der Waals surface area contributed by atoms with Crippen LogP contribution in [0, 0.1) is 11.7 Å². The summed E-state index contributed by atoms with van der Waals surface area (Å²) in [6.45, 7) is 13.7. The molecule has 0 saturated heterocycles. The summed E-state index contributed by atoms with van der Waals surface area (Å²) in [6, 6.07) is 11.3. The zero-order valence-corrected chi connectivity index (χ0v) is 21.3. The van der Waals surface area contributed by atoms with Gasteiger partial charge in [-0.05, 0) is 62.2 Å². The lowest BCUT2D eigenvalue weighted by Crippen LogP contribution is -2.32. The van der Waals surface area contributed by atoms with E-state index < -0.39 is 5.82 Å². The first kappa shape index (κ1) is 26.4. The molecule has 1 amide bonds. The summed E-state index contributed by atoms with van der Waals surface area (Å²) < 4.78 is 20.0. The molecule has 1 aromatic heterocycles. The Hall–Kier alpha value is -3.19. The Kier molecular flexibility index (Phi) is 9.04. The fourth-order valence-corrected chi connectivity index (χ4v) is 4.28. The Morgan fingerprint density at radius 2 is 1.83 bits per heavy atom. The van der Waals surface area contributed by atoms with Crippen LogP contribution < -0.4 is 15.6 Å². The molecular weight excluding hydrogens is 445 g/mol. The van der Waals surface area contributed by atoms with Gasteiger partial charge in [0.15, 0.2) is 0 Å². The summed E-state index contributed by atoms with van der Waals surface area (Å²) in [5, 5.41) is 3.98. The number of hydrogen-bond donors (Lipinski definition) is 2. The zero-order chi connectivity index (χ0) is 25.5. The van der Waals surface area contributed by atoms with Gasteiger partial charge in [0.25, 0.3) is 5.56 Å². The minimum atomic E-state index is -0.413. The predicted molar refractivity (Wildman–Crippen MR) is 139 cm³/mol. The molecule has 2 aromatic carbocycles. The quantitative estimate of drug-likeness (QED) is 0.414. The smallest absolute Gasteiger partial charge is 0.256 e. The van der Waals surface area contributed by atoms with Crippen molar-refractivity contribution < 1.29 is 13.9 Å². The number of benzene rings is 2. The molecule has 0 aliphatic rings. The first-order valence-electron chi connectivity index (χ1n) is 12.3. The minimum absolute atomic E-state index is 0.0209. The molecule has 6 nitrogen and oxygen atoms in total. The van der Waals surface area contributed by atoms with Crippen LogP contribution in [-0.2, 0) is 11.2 Å². The molecule has 0 unspecified atom stereocenters. The van der Waals surface area contributed by atoms with E-state index in [9.17, 15) is 14.0 Å². The molecule has 35 heavy (non-hydrogen) atoms. The molecule has 0 spiro atoms. The number of ether oxygens (including phenoxy) is 1. The molecule has 7 heteroatoms. The lowest BCUT2D eigenvalue weighted by molar-refractivity contribution is -0.120. The Labute approximate surface area is 206 Å². The molecule has 3 aromatic rings. The van der Waals surface area contributed by atoms with E-state index in [-0.39, 0.29) is 23.9 Å². The highest BCUT2D eigenvalue weighted by atomic mass is 19.1. The van der Waals surface area contributed by atoms with Crippen LogP contribution in [0.1, 0.15) is 40.2 Å². The fraction of sp³-hybridized carbons (Fsp3) is 0.429. The highest BCUT2D eigenvalue weighted by molar-refractivity contribution is 5.94. The number of pyridine rings is 1. The van der Waals surface area contributed by atoms with Crippen molar-refractivity contribution in [3.8, 4) is 17.0 Å². The maximum atomic E-state index is 14.0. The third-order valence-corrected chi connectivity index (χ3v) is 6.00. The van der Waals surface area contributed by atoms with Gasteiger partial charge in [-0.25, -0.2) is 4.39 Å². The topological polar surface area (TPSA) is 74.4 Å². The summed E-state index contributed by atoms with van der Waals surface area (Å²) in [7, 11) is 0. The number of halogens is 1. The van der Waals surface area contributed by atoms with Crippen LogP contribution in [0.4, 0.5) is 4.39 Å². The molecule has 0 bridgehead atoms. The molecule has 1 atom stereocenters. The molecule has 188 valence electrons. The van der Waals surface area contributed by atoms with E-state index in [1.54, 1.807) is 18.2 Å². The van der Waals surface area contributed by atoms with Crippen molar-refractivity contribution in [3.63, 3.8) is 0 Å². The number of amides is 1. The number of hydrogen-bond acceptors (Lipinski definition) is 4. The van der Waals surface area contributed by atoms with E-state index in [4.69, 9.17) is 4.74 Å². The summed E-state index contributed by atoms with van der Waals surface area (Å²) in [5.41, 5.74) is 1.29. The number of rotatable bonds is 11. The number of carbonyl (C=O) groups is 1. The number of nitrogens with zero attached hydrogens (tertiary/aromatic N) is 1. The van der Waals surface area contributed by atoms with Gasteiger partial charge in [-0.2, -0.15) is 0 Å². The lowest BCUT2D eigenvalue weighted by atomic mass is 9.96. The van der Waals surface area contributed by atoms with Crippen molar-refractivity contribution in [2.45, 2.75) is 47.1 Å². The molecule has 1 heterocycles. The van der Waals surface area contributed by atoms with E-state index in [0.717, 1.165) is 19.6 Å². The summed E-state index contributed by atoms with van der Waals surface area (Å²) >= 11 is 0. The average Bonchev–Trinajstić information content (AvgIpc) is 2.82. The van der Waals surface area contributed by atoms with Crippen LogP contribution in [0.5, 0.6) is 5.75 Å². The predicted octanol–water partition coefficient (Wildman–Crippen LogP) is 4.76. The van der Waals surface area contributed by atoms with Gasteiger partial charge in [-0.3, -0.25) is 9.59 Å². The highest BCUT2D eigenvalue weighted by Gasteiger charge is 2.18. The van der Waals surface area contributed by atoms with Crippen LogP contribution in [0.25, 0.3) is 22.0 Å². The second kappa shape index (κ2) is 12.0. The number of H-pyrrole nitrogens is 1. The number of aromatic amines is 1. The van der Waals surface area contributed by atoms with Gasteiger partial charge in [-0.1, -0.05) is 39.0 Å². The van der Waals surface area contributed by atoms with E-state index in [0.29, 0.717) is 45.9 Å². The van der Waals surface area contributed by atoms with Gasteiger partial charge in [0.2, 0.25) is 5.91 Å². The van der Waals surface area contributed by atoms with Crippen molar-refractivity contribution in [3.05, 3.63) is 64.2 Å². The number of aromatic nitrogens is 1. The first-order chi connectivity index (χ1) is 16.7. The van der Waals surface area contributed by atoms with Crippen LogP contribution in [0.2, 0.25) is 0 Å². The largest absolute Gasteiger partial charge is 0.493 e. The van der Waals surface area contributed by atoms with Crippen LogP contribution >= 0.6 is 0 Å². The Balaban J connectivity index is 1.98. The van der Waals surface area contributed by atoms with E-state index >= 15 is 0 Å². The van der Waals surface area contributed by atoms with Crippen LogP contribution in [0.3, 0.4) is 0 Å². The second-order valence-electron chi connectivity index (χ2n) is 9.33. The van der Waals surface area contributed by atoms with Crippen LogP contribution in [0.15, 0.2) is 47.3 Å². The lowest BCUT2D eigenvalue weighted by Gasteiger charge is -2.22. The summed E-state index contributed by atoms with van der Waals surface area (Å²) in [4.78, 5) is 31.0. The third kappa shape index (κ3) is 6.92. The molecule has 0 saturated carbocycles. The SMILES string of the molecule is CCN(CC)C[C@H](C)COc1ccc2c(CC(=O)NC(C)C)c(-c3cccc(F)c3)[nH]c(=O)c2c1. The number of nitrogens with one attached hydrogen (secondary N) is 2. The van der Waals surface area contributed by atoms with Gasteiger partial charge in [0.05, 0.1) is 24.1 Å². The Bertz CT molecular complexity index is 1220. The zero-order valence-electron chi connectivity index (χ0n) is 21.3. The molecule has 2 N–H and O–H groups in total. The van der Waals surface area contributed by atoms with Gasteiger partial charge < -0.3 is 19.9 Å². The molecule has 0 radical (unpaired) electrons. The number of fused-ring (bicyclic) bond motifs is 1. The molecule has 0 aliphatic heterocycles. The highest BCUT2D eigenvalue weighted by Crippen LogP contribution is 2.29. The maximum absolute atomic E-state index is 14.0. The molecule has 0 aliphatic carbocycles. The number of carbonyl (C=O) groups excluding carboxylic acids is 1. The van der Waals surface area contributed by atoms with Crippen molar-refractivity contribution in [1.29, 1.82) is 0 Å². The van der Waals surface area contributed by atoms with Crippen molar-refractivity contribution >= 4 is 16.7 Å². The van der Waals surface area contributed by atoms with Crippen LogP contribution in [-0.4, -0.2) is 48.1 Å². The van der Waals surface area contributed by atoms with Crippen molar-refractivity contribution in [2.75, 3.05) is 26.2 Å². The van der Waals surface area contributed by atoms with Gasteiger partial charge in [0.1, 0.15) is 11.6 Å². The fourth-order valence-electron chi connectivity index (χ4n) is 4.28. The molecule has 3 rings (SSSR count). The van der Waals surface area contributed by atoms with Gasteiger partial charge >= 0.3 is 0 Å². The average molecular weight is 482 g/mol. The summed E-state index contributed by atoms with van der Waals surface area (Å²) in [6.07, 6.45) is 0.0540. The normalized spacial score (nSPS) is 12.3. The van der Waals surface area contributed by atoms with Gasteiger partial charge in [-0.15, -0.1) is 0 Å². The van der Waals surface area contributed by atoms with Gasteiger partial charge in [0, 0.05) is 24.1 Å². The minimum Gasteiger partial charge on any atom is -0.493 e. The second-order valence-corrected chi connectivity index (χ2v) is 9.33. The van der Waals surface area contributed by atoms with Crippen molar-refractivity contribution in [2.24, 2.45) is 5.92 Å². The summed E-state index contributed by atoms with van der Waals surface area (Å²) in [5.74, 6) is 0.347. The first-order valence-corrected chi connectivity index (χ1v) is 12.3. The Morgan fingerprint density at radius 1 is 1.09 bits per heavy atom. The molecular formula is C28H36FN3O3. The van der Waals surface area contributed by atoms with Crippen molar-refractivity contribution in [1.82, 2.24) is 15.2 Å². The maximum Gasteiger partial charge on any atom is 0.256 e.